The van der Waals surface area contributed by atoms with Crippen molar-refractivity contribution in [2.45, 2.75) is 18.9 Å². The van der Waals surface area contributed by atoms with Crippen molar-refractivity contribution in [2.75, 3.05) is 6.61 Å². The van der Waals surface area contributed by atoms with Gasteiger partial charge in [-0.2, -0.15) is 0 Å². The molecule has 1 aromatic carbocycles. The summed E-state index contributed by atoms with van der Waals surface area (Å²) in [5, 5.41) is 2.01. The van der Waals surface area contributed by atoms with Crippen molar-refractivity contribution >= 4 is 18.5 Å². The second-order valence-corrected chi connectivity index (χ2v) is 3.87. The number of hydrogen-bond donors (Lipinski definition) is 1. The van der Waals surface area contributed by atoms with Gasteiger partial charge in [0.05, 0.1) is 0 Å². The Morgan fingerprint density at radius 1 is 1.44 bits per heavy atom. The first-order chi connectivity index (χ1) is 7.92. The molecule has 1 amide bonds. The number of amides is 1. The Bertz CT molecular complexity index is 468. The lowest BCUT2D eigenvalue weighted by Crippen LogP contribution is -2.49. The summed E-state index contributed by atoms with van der Waals surface area (Å²) in [6.07, 6.45) is -0.926. The van der Waals surface area contributed by atoms with Gasteiger partial charge in [-0.05, 0) is 24.1 Å². The lowest BCUT2D eigenvalue weighted by atomic mass is 9.95. The third kappa shape index (κ3) is 2.53. The van der Waals surface area contributed by atoms with Crippen LogP contribution in [0.4, 0.5) is 18.0 Å². The van der Waals surface area contributed by atoms with Crippen LogP contribution < -0.4 is 5.32 Å². The summed E-state index contributed by atoms with van der Waals surface area (Å²) in [5.74, 6) is -3.84. The molecule has 1 saturated heterocycles. The molecule has 0 aromatic heterocycles. The first-order valence-electron chi connectivity index (χ1n) is 4.98. The molecule has 100 valence electrons. The maximum absolute atomic E-state index is 13.6. The summed E-state index contributed by atoms with van der Waals surface area (Å²) in [5.41, 5.74) is 0.158. The molecule has 0 spiro atoms. The van der Waals surface area contributed by atoms with E-state index in [-0.39, 0.29) is 23.5 Å². The minimum absolute atomic E-state index is 0. The van der Waals surface area contributed by atoms with Crippen molar-refractivity contribution in [2.24, 2.45) is 0 Å². The first kappa shape index (κ1) is 14.6. The number of ether oxygens (including phenoxy) is 1. The monoisotopic (exact) mass is 281 g/mol. The number of alkyl carbamates (subject to hydrolysis) is 1. The van der Waals surface area contributed by atoms with Crippen LogP contribution in [0.25, 0.3) is 0 Å². The van der Waals surface area contributed by atoms with Crippen molar-refractivity contribution in [1.82, 2.24) is 5.32 Å². The van der Waals surface area contributed by atoms with Crippen LogP contribution in [0.5, 0.6) is 0 Å². The quantitative estimate of drug-likeness (QED) is 0.859. The average molecular weight is 282 g/mol. The average Bonchev–Trinajstić information content (AvgIpc) is 2.26. The molecular formula is C11H11ClF3NO2. The number of carbonyl (C=O) groups is 1. The van der Waals surface area contributed by atoms with Crippen LogP contribution in [-0.4, -0.2) is 18.6 Å². The van der Waals surface area contributed by atoms with Gasteiger partial charge in [-0.3, -0.25) is 0 Å². The number of benzene rings is 1. The summed E-state index contributed by atoms with van der Waals surface area (Å²) in [4.78, 5) is 11.0. The molecule has 1 atom stereocenters. The van der Waals surface area contributed by atoms with E-state index in [1.165, 1.54) is 25.1 Å². The summed E-state index contributed by atoms with van der Waals surface area (Å²) in [6.45, 7) is 0.391. The fourth-order valence-electron chi connectivity index (χ4n) is 1.75. The number of halogens is 4. The van der Waals surface area contributed by atoms with Gasteiger partial charge in [-0.15, -0.1) is 12.4 Å². The van der Waals surface area contributed by atoms with Crippen LogP contribution >= 0.6 is 12.4 Å². The van der Waals surface area contributed by atoms with E-state index in [2.05, 4.69) is 4.74 Å². The normalized spacial score (nSPS) is 21.6. The Labute approximate surface area is 108 Å². The van der Waals surface area contributed by atoms with E-state index < -0.39 is 30.5 Å². The topological polar surface area (TPSA) is 38.3 Å². The molecule has 1 aliphatic rings. The summed E-state index contributed by atoms with van der Waals surface area (Å²) in [7, 11) is 0. The standard InChI is InChI=1S/C11H10F3NO2.ClH/c1-6-7(3-2-4-8(6)12)9-11(13,14)5-17-10(16)15-9;/h2-4,9H,5H2,1H3,(H,15,16);1H/t9-;/m1./s1. The number of cyclic esters (lactones) is 1. The summed E-state index contributed by atoms with van der Waals surface area (Å²) < 4.78 is 44.7. The van der Waals surface area contributed by atoms with Crippen molar-refractivity contribution < 1.29 is 22.7 Å². The molecule has 1 heterocycles. The number of nitrogens with one attached hydrogen (secondary N) is 1. The predicted molar refractivity (Wildman–Crippen MR) is 60.6 cm³/mol. The largest absolute Gasteiger partial charge is 0.443 e. The van der Waals surface area contributed by atoms with Gasteiger partial charge in [-0.25, -0.2) is 18.0 Å². The second kappa shape index (κ2) is 5.06. The molecule has 1 N–H and O–H groups in total. The van der Waals surface area contributed by atoms with Crippen LogP contribution in [-0.2, 0) is 4.74 Å². The SMILES string of the molecule is Cc1c(F)cccc1[C@H]1NC(=O)OCC1(F)F.Cl. The fourth-order valence-corrected chi connectivity index (χ4v) is 1.75. The van der Waals surface area contributed by atoms with E-state index in [0.29, 0.717) is 0 Å². The van der Waals surface area contributed by atoms with E-state index in [0.717, 1.165) is 0 Å². The minimum atomic E-state index is -3.26. The zero-order chi connectivity index (χ0) is 12.6. The molecule has 7 heteroatoms. The third-order valence-electron chi connectivity index (χ3n) is 2.70. The Kier molecular flexibility index (Phi) is 4.11. The summed E-state index contributed by atoms with van der Waals surface area (Å²) >= 11 is 0. The highest BCUT2D eigenvalue weighted by molar-refractivity contribution is 5.85. The van der Waals surface area contributed by atoms with Crippen LogP contribution in [0.15, 0.2) is 18.2 Å². The highest BCUT2D eigenvalue weighted by Gasteiger charge is 2.47. The van der Waals surface area contributed by atoms with Gasteiger partial charge in [0.2, 0.25) is 0 Å². The van der Waals surface area contributed by atoms with Crippen molar-refractivity contribution in [3.05, 3.63) is 35.1 Å². The Balaban J connectivity index is 0.00000162. The van der Waals surface area contributed by atoms with E-state index in [9.17, 15) is 18.0 Å². The van der Waals surface area contributed by atoms with Gasteiger partial charge in [0.1, 0.15) is 11.9 Å². The molecule has 3 nitrogen and oxygen atoms in total. The van der Waals surface area contributed by atoms with Crippen molar-refractivity contribution in [3.63, 3.8) is 0 Å². The van der Waals surface area contributed by atoms with Gasteiger partial charge in [0.25, 0.3) is 0 Å². The molecule has 0 aliphatic carbocycles. The molecule has 2 rings (SSSR count). The van der Waals surface area contributed by atoms with Gasteiger partial charge in [-0.1, -0.05) is 12.1 Å². The van der Waals surface area contributed by atoms with Crippen LogP contribution in [0, 0.1) is 12.7 Å². The smallest absolute Gasteiger partial charge is 0.408 e. The summed E-state index contributed by atoms with van der Waals surface area (Å²) in [6, 6.07) is 2.32. The van der Waals surface area contributed by atoms with E-state index in [4.69, 9.17) is 0 Å². The zero-order valence-electron chi connectivity index (χ0n) is 9.38. The molecule has 1 aromatic rings. The number of alkyl halides is 2. The number of hydrogen-bond acceptors (Lipinski definition) is 2. The molecule has 0 bridgehead atoms. The first-order valence-corrected chi connectivity index (χ1v) is 4.98. The molecule has 0 unspecified atom stereocenters. The maximum atomic E-state index is 13.6. The van der Waals surface area contributed by atoms with E-state index in [1.54, 1.807) is 0 Å². The van der Waals surface area contributed by atoms with Gasteiger partial charge < -0.3 is 10.1 Å². The highest BCUT2D eigenvalue weighted by atomic mass is 35.5. The lowest BCUT2D eigenvalue weighted by Gasteiger charge is -2.32. The molecule has 1 fully saturated rings. The van der Waals surface area contributed by atoms with Crippen molar-refractivity contribution in [3.8, 4) is 0 Å². The second-order valence-electron chi connectivity index (χ2n) is 3.87. The lowest BCUT2D eigenvalue weighted by molar-refractivity contribution is -0.104. The van der Waals surface area contributed by atoms with Crippen LogP contribution in [0.2, 0.25) is 0 Å². The van der Waals surface area contributed by atoms with Crippen LogP contribution in [0.3, 0.4) is 0 Å². The van der Waals surface area contributed by atoms with E-state index >= 15 is 0 Å². The fraction of sp³-hybridized carbons (Fsp3) is 0.364. The zero-order valence-corrected chi connectivity index (χ0v) is 10.2. The Morgan fingerprint density at radius 2 is 2.11 bits per heavy atom. The maximum Gasteiger partial charge on any atom is 0.408 e. The Morgan fingerprint density at radius 3 is 2.78 bits per heavy atom. The van der Waals surface area contributed by atoms with E-state index in [1.807, 2.05) is 5.32 Å². The molecule has 0 radical (unpaired) electrons. The van der Waals surface area contributed by atoms with Gasteiger partial charge in [0, 0.05) is 0 Å². The number of rotatable bonds is 1. The highest BCUT2D eigenvalue weighted by Crippen LogP contribution is 2.36. The third-order valence-corrected chi connectivity index (χ3v) is 2.70. The molecule has 1 aliphatic heterocycles. The minimum Gasteiger partial charge on any atom is -0.443 e. The molecular weight excluding hydrogens is 271 g/mol. The Hall–Kier alpha value is -1.43. The molecule has 0 saturated carbocycles. The molecule has 18 heavy (non-hydrogen) atoms. The van der Waals surface area contributed by atoms with Crippen LogP contribution in [0.1, 0.15) is 17.2 Å². The van der Waals surface area contributed by atoms with Crippen molar-refractivity contribution in [1.29, 1.82) is 0 Å². The van der Waals surface area contributed by atoms with Gasteiger partial charge in [0.15, 0.2) is 6.61 Å². The van der Waals surface area contributed by atoms with Gasteiger partial charge >= 0.3 is 12.0 Å². The number of carbonyl (C=O) groups excluding carboxylic acids is 1. The predicted octanol–water partition coefficient (Wildman–Crippen LogP) is 2.97.